The number of hydrogen-bond acceptors (Lipinski definition) is 6. The first-order valence-corrected chi connectivity index (χ1v) is 11.2. The smallest absolute Gasteiger partial charge is 0.360 e. The van der Waals surface area contributed by atoms with Crippen molar-refractivity contribution in [3.63, 3.8) is 0 Å². The van der Waals surface area contributed by atoms with Crippen LogP contribution in [-0.2, 0) is 17.9 Å². The maximum absolute atomic E-state index is 12.8. The summed E-state index contributed by atoms with van der Waals surface area (Å²) in [6.07, 6.45) is 1.49. The second-order valence-electron chi connectivity index (χ2n) is 8.22. The molecule has 7 heteroatoms. The number of fused-ring (bicyclic) bond motifs is 2. The Bertz CT molecular complexity index is 1380. The molecule has 7 nitrogen and oxygen atoms in total. The van der Waals surface area contributed by atoms with E-state index in [1.807, 2.05) is 83.9 Å². The Morgan fingerprint density at radius 2 is 1.69 bits per heavy atom. The lowest BCUT2D eigenvalue weighted by atomic mass is 9.94. The molecule has 1 aliphatic heterocycles. The molecule has 2 heterocycles. The largest absolute Gasteiger partial charge is 0.502 e. The fourth-order valence-electron chi connectivity index (χ4n) is 4.49. The predicted octanol–water partition coefficient (Wildman–Crippen LogP) is 4.16. The van der Waals surface area contributed by atoms with Gasteiger partial charge < -0.3 is 14.6 Å². The van der Waals surface area contributed by atoms with Crippen LogP contribution < -0.4 is 15.2 Å². The molecule has 0 bridgehead atoms. The van der Waals surface area contributed by atoms with E-state index in [0.717, 1.165) is 28.0 Å². The summed E-state index contributed by atoms with van der Waals surface area (Å²) in [5.41, 5.74) is 2.95. The summed E-state index contributed by atoms with van der Waals surface area (Å²) in [5.74, 6) is -0.759. The highest BCUT2D eigenvalue weighted by Crippen LogP contribution is 2.40. The van der Waals surface area contributed by atoms with Gasteiger partial charge in [-0.2, -0.15) is 0 Å². The van der Waals surface area contributed by atoms with E-state index in [4.69, 9.17) is 9.47 Å². The van der Waals surface area contributed by atoms with Crippen molar-refractivity contribution in [3.05, 3.63) is 129 Å². The summed E-state index contributed by atoms with van der Waals surface area (Å²) in [6.45, 7) is 0.753. The number of pyridine rings is 1. The van der Waals surface area contributed by atoms with Gasteiger partial charge in [-0.15, -0.1) is 0 Å². The highest BCUT2D eigenvalue weighted by molar-refractivity contribution is 5.90. The highest BCUT2D eigenvalue weighted by atomic mass is 16.5. The van der Waals surface area contributed by atoms with E-state index in [0.29, 0.717) is 13.2 Å². The lowest BCUT2D eigenvalue weighted by molar-refractivity contribution is 0.0581. The van der Waals surface area contributed by atoms with Gasteiger partial charge in [-0.1, -0.05) is 72.8 Å². The summed E-state index contributed by atoms with van der Waals surface area (Å²) in [6, 6.07) is 26.3. The third-order valence-electron chi connectivity index (χ3n) is 6.14. The molecule has 0 amide bonds. The Labute approximate surface area is 202 Å². The van der Waals surface area contributed by atoms with Crippen LogP contribution in [-0.4, -0.2) is 22.9 Å². The molecule has 0 fully saturated rings. The number of carbonyl (C=O) groups is 1. The molecule has 5 rings (SSSR count). The standard InChI is InChI=1S/C28H24N2O5/c1-34-28(33)26-27(32)23(31)15-16-29(26)30(17-19-9-3-2-4-10-19)25-21-12-6-5-11-20(21)18-35-24-14-8-7-13-22(24)25/h2-16,25,32H,17-18H2,1H3. The van der Waals surface area contributed by atoms with E-state index in [1.54, 1.807) is 0 Å². The molecule has 0 spiro atoms. The Morgan fingerprint density at radius 3 is 2.46 bits per heavy atom. The normalized spacial score (nSPS) is 14.1. The van der Waals surface area contributed by atoms with Crippen molar-refractivity contribution >= 4 is 5.97 Å². The molecule has 0 radical (unpaired) electrons. The lowest BCUT2D eigenvalue weighted by Crippen LogP contribution is -2.41. The minimum Gasteiger partial charge on any atom is -0.502 e. The fraction of sp³-hybridized carbons (Fsp3) is 0.143. The molecule has 4 aromatic rings. The first kappa shape index (κ1) is 22.3. The number of methoxy groups -OCH3 is 1. The highest BCUT2D eigenvalue weighted by Gasteiger charge is 2.33. The zero-order valence-corrected chi connectivity index (χ0v) is 19.1. The van der Waals surface area contributed by atoms with Gasteiger partial charge in [0.1, 0.15) is 12.4 Å². The van der Waals surface area contributed by atoms with E-state index in [-0.39, 0.29) is 5.69 Å². The van der Waals surface area contributed by atoms with E-state index < -0.39 is 23.2 Å². The number of aromatic nitrogens is 1. The van der Waals surface area contributed by atoms with Crippen LogP contribution in [0.1, 0.15) is 38.8 Å². The van der Waals surface area contributed by atoms with Gasteiger partial charge in [0.15, 0.2) is 11.4 Å². The van der Waals surface area contributed by atoms with Gasteiger partial charge in [0, 0.05) is 17.8 Å². The number of esters is 1. The van der Waals surface area contributed by atoms with Crippen LogP contribution in [0.3, 0.4) is 0 Å². The molecule has 1 atom stereocenters. The number of aromatic hydroxyl groups is 1. The van der Waals surface area contributed by atoms with Crippen molar-refractivity contribution < 1.29 is 19.4 Å². The Morgan fingerprint density at radius 1 is 1.00 bits per heavy atom. The van der Waals surface area contributed by atoms with Crippen molar-refractivity contribution in [3.8, 4) is 11.5 Å². The number of carbonyl (C=O) groups excluding carboxylic acids is 1. The van der Waals surface area contributed by atoms with E-state index in [9.17, 15) is 14.7 Å². The molecule has 0 saturated carbocycles. The Hall–Kier alpha value is -4.52. The maximum Gasteiger partial charge on any atom is 0.360 e. The zero-order chi connectivity index (χ0) is 24.4. The van der Waals surface area contributed by atoms with E-state index in [1.165, 1.54) is 24.0 Å². The molecule has 0 saturated heterocycles. The van der Waals surface area contributed by atoms with Gasteiger partial charge in [-0.25, -0.2) is 4.79 Å². The number of hydrogen-bond donors (Lipinski definition) is 1. The van der Waals surface area contributed by atoms with Crippen molar-refractivity contribution in [2.75, 3.05) is 12.1 Å². The summed E-state index contributed by atoms with van der Waals surface area (Å²) in [5, 5.41) is 12.6. The minimum atomic E-state index is -0.815. The van der Waals surface area contributed by atoms with Crippen LogP contribution in [0.4, 0.5) is 0 Å². The van der Waals surface area contributed by atoms with Crippen LogP contribution >= 0.6 is 0 Å². The van der Waals surface area contributed by atoms with E-state index in [2.05, 4.69) is 0 Å². The maximum atomic E-state index is 12.8. The number of ether oxygens (including phenoxy) is 2. The van der Waals surface area contributed by atoms with Crippen molar-refractivity contribution in [2.24, 2.45) is 0 Å². The molecule has 0 aliphatic carbocycles. The molecule has 1 aromatic heterocycles. The number of nitrogens with zero attached hydrogens (tertiary/aromatic N) is 2. The molecule has 3 aromatic carbocycles. The van der Waals surface area contributed by atoms with Crippen LogP contribution in [0.25, 0.3) is 0 Å². The molecule has 176 valence electrons. The lowest BCUT2D eigenvalue weighted by Gasteiger charge is -2.37. The molecule has 35 heavy (non-hydrogen) atoms. The van der Waals surface area contributed by atoms with Crippen LogP contribution in [0.2, 0.25) is 0 Å². The van der Waals surface area contributed by atoms with Crippen molar-refractivity contribution in [1.82, 2.24) is 4.68 Å². The third-order valence-corrected chi connectivity index (χ3v) is 6.14. The first-order chi connectivity index (χ1) is 17.1. The summed E-state index contributed by atoms with van der Waals surface area (Å²) < 4.78 is 12.6. The van der Waals surface area contributed by atoms with Crippen molar-refractivity contribution in [1.29, 1.82) is 0 Å². The van der Waals surface area contributed by atoms with Gasteiger partial charge in [-0.05, 0) is 22.8 Å². The second-order valence-corrected chi connectivity index (χ2v) is 8.22. The minimum absolute atomic E-state index is 0.240. The Balaban J connectivity index is 1.80. The number of benzene rings is 3. The summed E-state index contributed by atoms with van der Waals surface area (Å²) in [7, 11) is 1.22. The average Bonchev–Trinajstić information content (AvgIpc) is 3.06. The summed E-state index contributed by atoms with van der Waals surface area (Å²) in [4.78, 5) is 25.1. The average molecular weight is 469 g/mol. The van der Waals surface area contributed by atoms with Crippen LogP contribution in [0.5, 0.6) is 11.5 Å². The molecule has 1 unspecified atom stereocenters. The number of para-hydroxylation sites is 1. The molecular weight excluding hydrogens is 444 g/mol. The fourth-order valence-corrected chi connectivity index (χ4v) is 4.49. The van der Waals surface area contributed by atoms with Gasteiger partial charge in [-0.3, -0.25) is 14.5 Å². The Kier molecular flexibility index (Phi) is 5.97. The molecule has 1 N–H and O–H groups in total. The number of rotatable bonds is 5. The predicted molar refractivity (Wildman–Crippen MR) is 131 cm³/mol. The van der Waals surface area contributed by atoms with Crippen molar-refractivity contribution in [2.45, 2.75) is 19.2 Å². The quantitative estimate of drug-likeness (QED) is 0.443. The topological polar surface area (TPSA) is 81.0 Å². The van der Waals surface area contributed by atoms with Crippen LogP contribution in [0, 0.1) is 0 Å². The van der Waals surface area contributed by atoms with Gasteiger partial charge in [0.2, 0.25) is 5.43 Å². The van der Waals surface area contributed by atoms with Gasteiger partial charge >= 0.3 is 5.97 Å². The molecule has 1 aliphatic rings. The van der Waals surface area contributed by atoms with Gasteiger partial charge in [0.25, 0.3) is 0 Å². The van der Waals surface area contributed by atoms with Crippen LogP contribution in [0.15, 0.2) is 95.9 Å². The van der Waals surface area contributed by atoms with E-state index >= 15 is 0 Å². The first-order valence-electron chi connectivity index (χ1n) is 11.2. The summed E-state index contributed by atoms with van der Waals surface area (Å²) >= 11 is 0. The SMILES string of the molecule is COC(=O)c1c(O)c(=O)ccn1N(Cc1ccccc1)C1c2ccccc2COc2ccccc21. The third kappa shape index (κ3) is 4.12. The molecular formula is C28H24N2O5. The zero-order valence-electron chi connectivity index (χ0n) is 19.1. The van der Waals surface area contributed by atoms with Gasteiger partial charge in [0.05, 0.1) is 19.7 Å². The monoisotopic (exact) mass is 468 g/mol. The second kappa shape index (κ2) is 9.38.